The minimum atomic E-state index is -4.96. The van der Waals surface area contributed by atoms with Crippen LogP contribution in [0, 0.1) is 11.6 Å². The molecule has 18 heteroatoms. The smallest absolute Gasteiger partial charge is 0.421 e. The van der Waals surface area contributed by atoms with Gasteiger partial charge in [-0.15, -0.1) is 0 Å². The van der Waals surface area contributed by atoms with E-state index in [9.17, 15) is 44.7 Å². The highest BCUT2D eigenvalue weighted by molar-refractivity contribution is 5.76. The van der Waals surface area contributed by atoms with Gasteiger partial charge in [0.2, 0.25) is 11.9 Å². The van der Waals surface area contributed by atoms with E-state index in [0.29, 0.717) is 24.5 Å². The fourth-order valence-corrected chi connectivity index (χ4v) is 5.29. The predicted molar refractivity (Wildman–Crippen MR) is 141 cm³/mol. The van der Waals surface area contributed by atoms with Gasteiger partial charge in [0.15, 0.2) is 0 Å². The standard InChI is InChI=1S/C27H25F8N7O3/c28-16-7-17(29)9-19(8-16)45-20-10-18(42(14-20)22-11-21(27(33,34)35)24(44)39-38-22)1-2-23(43)40-3-5-41(6-4-40)25-36-12-15(13-37-25)26(30,31)32/h7-9,11-13,18,20H,1-6,10,14H2,(H,39,44)/t18-,20+/m1/s1. The van der Waals surface area contributed by atoms with Gasteiger partial charge in [0, 0.05) is 81.7 Å². The zero-order valence-corrected chi connectivity index (χ0v) is 23.2. The Kier molecular flexibility index (Phi) is 8.84. The highest BCUT2D eigenvalue weighted by atomic mass is 19.4. The number of halogens is 8. The largest absolute Gasteiger partial charge is 0.488 e. The van der Waals surface area contributed by atoms with Gasteiger partial charge in [-0.2, -0.15) is 31.4 Å². The molecule has 1 N–H and O–H groups in total. The Morgan fingerprint density at radius 1 is 0.933 bits per heavy atom. The lowest BCUT2D eigenvalue weighted by molar-refractivity contribution is -0.139. The van der Waals surface area contributed by atoms with E-state index >= 15 is 0 Å². The number of aromatic amines is 1. The topological polar surface area (TPSA) is 108 Å². The Morgan fingerprint density at radius 3 is 2.18 bits per heavy atom. The molecule has 10 nitrogen and oxygen atoms in total. The van der Waals surface area contributed by atoms with Crippen LogP contribution in [0.5, 0.6) is 5.75 Å². The fourth-order valence-electron chi connectivity index (χ4n) is 5.29. The van der Waals surface area contributed by atoms with Crippen molar-refractivity contribution in [3.8, 4) is 5.75 Å². The van der Waals surface area contributed by atoms with Crippen molar-refractivity contribution in [3.63, 3.8) is 0 Å². The Balaban J connectivity index is 1.25. The molecule has 2 atom stereocenters. The maximum atomic E-state index is 13.7. The summed E-state index contributed by atoms with van der Waals surface area (Å²) in [6.07, 6.45) is -8.65. The first kappa shape index (κ1) is 31.9. The summed E-state index contributed by atoms with van der Waals surface area (Å²) in [6, 6.07) is 2.57. The van der Waals surface area contributed by atoms with Gasteiger partial charge in [-0.05, 0) is 6.42 Å². The fraction of sp³-hybridized carbons (Fsp3) is 0.444. The summed E-state index contributed by atoms with van der Waals surface area (Å²) in [5, 5.41) is 5.61. The third-order valence-corrected chi connectivity index (χ3v) is 7.48. The van der Waals surface area contributed by atoms with Crippen LogP contribution in [0.15, 0.2) is 41.5 Å². The van der Waals surface area contributed by atoms with Crippen molar-refractivity contribution in [1.82, 2.24) is 25.1 Å². The summed E-state index contributed by atoms with van der Waals surface area (Å²) in [6.45, 7) is 0.914. The molecule has 0 radical (unpaired) electrons. The molecule has 0 aliphatic carbocycles. The van der Waals surface area contributed by atoms with Crippen LogP contribution >= 0.6 is 0 Å². The second-order valence-corrected chi connectivity index (χ2v) is 10.5. The maximum Gasteiger partial charge on any atom is 0.421 e. The lowest BCUT2D eigenvalue weighted by Crippen LogP contribution is -2.49. The zero-order chi connectivity index (χ0) is 32.5. The number of hydrogen-bond donors (Lipinski definition) is 1. The molecular formula is C27H25F8N7O3. The number of nitrogens with zero attached hydrogens (tertiary/aromatic N) is 6. The SMILES string of the molecule is O=C(CC[C@@H]1C[C@H](Oc2cc(F)cc(F)c2)CN1c1cc(C(F)(F)F)c(=O)[nH]n1)N1CCN(c2ncc(C(F)(F)F)cn2)CC1. The van der Waals surface area contributed by atoms with E-state index in [4.69, 9.17) is 4.74 Å². The van der Waals surface area contributed by atoms with Gasteiger partial charge in [0.25, 0.3) is 5.56 Å². The lowest BCUT2D eigenvalue weighted by atomic mass is 10.1. The van der Waals surface area contributed by atoms with Gasteiger partial charge in [-0.25, -0.2) is 23.8 Å². The Hall–Kier alpha value is -4.51. The first-order chi connectivity index (χ1) is 21.2. The molecule has 2 fully saturated rings. The van der Waals surface area contributed by atoms with Crippen LogP contribution < -0.4 is 20.1 Å². The Morgan fingerprint density at radius 2 is 1.58 bits per heavy atom. The predicted octanol–water partition coefficient (Wildman–Crippen LogP) is 4.03. The average Bonchev–Trinajstić information content (AvgIpc) is 3.37. The molecule has 45 heavy (non-hydrogen) atoms. The number of anilines is 2. The normalized spacial score (nSPS) is 19.2. The number of carbonyl (C=O) groups is 1. The number of nitrogens with one attached hydrogen (secondary N) is 1. The van der Waals surface area contributed by atoms with E-state index < -0.39 is 52.8 Å². The number of piperazine rings is 1. The van der Waals surface area contributed by atoms with Gasteiger partial charge in [-0.3, -0.25) is 9.59 Å². The van der Waals surface area contributed by atoms with Gasteiger partial charge >= 0.3 is 12.4 Å². The van der Waals surface area contributed by atoms with Gasteiger partial charge in [0.1, 0.15) is 34.9 Å². The highest BCUT2D eigenvalue weighted by Crippen LogP contribution is 2.33. The van der Waals surface area contributed by atoms with Crippen LogP contribution in [0.1, 0.15) is 30.4 Å². The molecule has 2 saturated heterocycles. The molecule has 1 amide bonds. The second kappa shape index (κ2) is 12.5. The summed E-state index contributed by atoms with van der Waals surface area (Å²) in [7, 11) is 0. The number of aromatic nitrogens is 4. The van der Waals surface area contributed by atoms with Gasteiger partial charge < -0.3 is 19.4 Å². The summed E-state index contributed by atoms with van der Waals surface area (Å²) >= 11 is 0. The molecule has 242 valence electrons. The van der Waals surface area contributed by atoms with E-state index in [1.165, 1.54) is 4.90 Å². The van der Waals surface area contributed by atoms with Crippen molar-refractivity contribution in [2.24, 2.45) is 0 Å². The highest BCUT2D eigenvalue weighted by Gasteiger charge is 2.39. The lowest BCUT2D eigenvalue weighted by Gasteiger charge is -2.35. The number of ether oxygens (including phenoxy) is 1. The zero-order valence-electron chi connectivity index (χ0n) is 23.2. The van der Waals surface area contributed by atoms with Crippen LogP contribution in [0.2, 0.25) is 0 Å². The van der Waals surface area contributed by atoms with Crippen molar-refractivity contribution >= 4 is 17.7 Å². The minimum Gasteiger partial charge on any atom is -0.488 e. The number of hydrogen-bond acceptors (Lipinski definition) is 8. The number of alkyl halides is 6. The summed E-state index contributed by atoms with van der Waals surface area (Å²) in [5.74, 6) is -2.30. The molecule has 0 spiro atoms. The third kappa shape index (κ3) is 7.59. The van der Waals surface area contributed by atoms with Crippen molar-refractivity contribution in [1.29, 1.82) is 0 Å². The van der Waals surface area contributed by atoms with Crippen molar-refractivity contribution in [2.45, 2.75) is 43.8 Å². The van der Waals surface area contributed by atoms with Crippen molar-refractivity contribution in [3.05, 3.63) is 69.8 Å². The van der Waals surface area contributed by atoms with Crippen LogP contribution in [-0.4, -0.2) is 75.8 Å². The first-order valence-electron chi connectivity index (χ1n) is 13.7. The van der Waals surface area contributed by atoms with Crippen LogP contribution in [0.3, 0.4) is 0 Å². The number of carbonyl (C=O) groups excluding carboxylic acids is 1. The average molecular weight is 648 g/mol. The van der Waals surface area contributed by atoms with E-state index in [-0.39, 0.29) is 75.4 Å². The monoisotopic (exact) mass is 647 g/mol. The quantitative estimate of drug-likeness (QED) is 0.384. The third-order valence-electron chi connectivity index (χ3n) is 7.48. The molecule has 0 unspecified atom stereocenters. The summed E-state index contributed by atoms with van der Waals surface area (Å²) in [5.41, 5.74) is -3.88. The van der Waals surface area contributed by atoms with Crippen LogP contribution in [0.25, 0.3) is 0 Å². The van der Waals surface area contributed by atoms with Gasteiger partial charge in [0.05, 0.1) is 12.1 Å². The first-order valence-corrected chi connectivity index (χ1v) is 13.7. The Labute approximate surface area is 249 Å². The molecule has 0 saturated carbocycles. The molecule has 2 aliphatic heterocycles. The summed E-state index contributed by atoms with van der Waals surface area (Å²) in [4.78, 5) is 37.0. The number of H-pyrrole nitrogens is 1. The molecule has 2 aromatic heterocycles. The number of rotatable bonds is 7. The number of benzene rings is 1. The molecule has 4 heterocycles. The van der Waals surface area contributed by atoms with E-state index in [0.717, 1.165) is 12.1 Å². The molecule has 0 bridgehead atoms. The van der Waals surface area contributed by atoms with Crippen LogP contribution in [-0.2, 0) is 17.1 Å². The van der Waals surface area contributed by atoms with Crippen molar-refractivity contribution in [2.75, 3.05) is 42.5 Å². The van der Waals surface area contributed by atoms with Gasteiger partial charge in [-0.1, -0.05) is 0 Å². The number of amides is 1. The molecular weight excluding hydrogens is 622 g/mol. The molecule has 2 aliphatic rings. The summed E-state index contributed by atoms with van der Waals surface area (Å²) < 4.78 is 112. The van der Waals surface area contributed by atoms with E-state index in [1.54, 1.807) is 9.80 Å². The molecule has 5 rings (SSSR count). The Bertz CT molecular complexity index is 1550. The maximum absolute atomic E-state index is 13.7. The molecule has 1 aromatic carbocycles. The van der Waals surface area contributed by atoms with Crippen molar-refractivity contribution < 1.29 is 44.7 Å². The van der Waals surface area contributed by atoms with E-state index in [1.807, 2.05) is 5.10 Å². The van der Waals surface area contributed by atoms with E-state index in [2.05, 4.69) is 15.1 Å². The van der Waals surface area contributed by atoms with Crippen LogP contribution in [0.4, 0.5) is 46.9 Å². The molecule has 3 aromatic rings. The second-order valence-electron chi connectivity index (χ2n) is 10.5. The minimum absolute atomic E-state index is 0.0330.